The third-order valence-electron chi connectivity index (χ3n) is 6.22. The lowest BCUT2D eigenvalue weighted by Gasteiger charge is -2.23. The van der Waals surface area contributed by atoms with E-state index in [9.17, 15) is 9.59 Å². The van der Waals surface area contributed by atoms with E-state index in [0.29, 0.717) is 23.9 Å². The van der Waals surface area contributed by atoms with Crippen molar-refractivity contribution >= 4 is 17.6 Å². The van der Waals surface area contributed by atoms with Gasteiger partial charge in [-0.3, -0.25) is 14.5 Å². The van der Waals surface area contributed by atoms with E-state index in [0.717, 1.165) is 11.1 Å². The number of fused-ring (bicyclic) bond motifs is 3. The first-order valence-corrected chi connectivity index (χ1v) is 10.1. The standard InChI is InChI=1S/C23H22N4O3/c1-13-18-16-9-6-10-24-21(16)27(2)23(29)20(19(13)18)25-22(28)17-12-15(30-26-17)11-14-7-4-3-5-8-14/h3-10,12-13,18-20H,11H2,1-2H3,(H,25,28)/t13-,18?,19?,20-/m0/s1. The normalized spacial score (nSPS) is 24.6. The van der Waals surface area contributed by atoms with Gasteiger partial charge in [-0.05, 0) is 34.9 Å². The second-order valence-electron chi connectivity index (χ2n) is 8.07. The Labute approximate surface area is 174 Å². The summed E-state index contributed by atoms with van der Waals surface area (Å²) in [5, 5.41) is 6.83. The van der Waals surface area contributed by atoms with Gasteiger partial charge in [0.2, 0.25) is 0 Å². The summed E-state index contributed by atoms with van der Waals surface area (Å²) < 4.78 is 5.34. The highest BCUT2D eigenvalue weighted by molar-refractivity contribution is 6.02. The van der Waals surface area contributed by atoms with Gasteiger partial charge >= 0.3 is 0 Å². The zero-order chi connectivity index (χ0) is 20.8. The van der Waals surface area contributed by atoms with Crippen LogP contribution in [-0.2, 0) is 11.2 Å². The van der Waals surface area contributed by atoms with Crippen LogP contribution in [0.3, 0.4) is 0 Å². The van der Waals surface area contributed by atoms with Crippen molar-refractivity contribution in [2.45, 2.75) is 25.3 Å². The second-order valence-corrected chi connectivity index (χ2v) is 8.07. The van der Waals surface area contributed by atoms with Gasteiger partial charge in [0.15, 0.2) is 5.69 Å². The molecule has 0 saturated heterocycles. The largest absolute Gasteiger partial charge is 0.360 e. The fraction of sp³-hybridized carbons (Fsp3) is 0.304. The lowest BCUT2D eigenvalue weighted by Crippen LogP contribution is -2.49. The Hall–Kier alpha value is -3.48. The molecule has 2 unspecified atom stereocenters. The van der Waals surface area contributed by atoms with E-state index in [2.05, 4.69) is 22.4 Å². The fourth-order valence-corrected chi connectivity index (χ4v) is 4.60. The highest BCUT2D eigenvalue weighted by atomic mass is 16.5. The maximum absolute atomic E-state index is 13.1. The summed E-state index contributed by atoms with van der Waals surface area (Å²) in [6, 6.07) is 14.8. The van der Waals surface area contributed by atoms with Crippen LogP contribution in [0, 0.1) is 11.8 Å². The first kappa shape index (κ1) is 18.5. The molecule has 4 atom stereocenters. The average molecular weight is 402 g/mol. The molecule has 5 rings (SSSR count). The van der Waals surface area contributed by atoms with E-state index in [4.69, 9.17) is 4.52 Å². The maximum atomic E-state index is 13.1. The molecule has 1 saturated carbocycles. The minimum atomic E-state index is -0.619. The summed E-state index contributed by atoms with van der Waals surface area (Å²) >= 11 is 0. The summed E-state index contributed by atoms with van der Waals surface area (Å²) in [6.45, 7) is 2.11. The van der Waals surface area contributed by atoms with Crippen molar-refractivity contribution in [3.8, 4) is 0 Å². The van der Waals surface area contributed by atoms with Gasteiger partial charge in [0.25, 0.3) is 11.8 Å². The SMILES string of the molecule is C[C@H]1C2c3cccnc3N(C)C(=O)[C@@H](NC(=O)c3cc(Cc4ccccc4)on3)C21. The molecule has 3 heterocycles. The third kappa shape index (κ3) is 3.07. The Balaban J connectivity index is 1.35. The molecule has 0 spiro atoms. The summed E-state index contributed by atoms with van der Waals surface area (Å²) in [5.41, 5.74) is 2.32. The predicted molar refractivity (Wildman–Crippen MR) is 110 cm³/mol. The fourth-order valence-electron chi connectivity index (χ4n) is 4.60. The number of aromatic nitrogens is 2. The van der Waals surface area contributed by atoms with Crippen LogP contribution in [0.4, 0.5) is 5.82 Å². The molecule has 7 heteroatoms. The second kappa shape index (κ2) is 7.09. The zero-order valence-electron chi connectivity index (χ0n) is 16.8. The van der Waals surface area contributed by atoms with Crippen molar-refractivity contribution in [3.63, 3.8) is 0 Å². The first-order valence-electron chi connectivity index (χ1n) is 10.1. The summed E-state index contributed by atoms with van der Waals surface area (Å²) in [7, 11) is 1.71. The molecule has 1 aliphatic heterocycles. The highest BCUT2D eigenvalue weighted by Crippen LogP contribution is 2.58. The first-order chi connectivity index (χ1) is 14.5. The van der Waals surface area contributed by atoms with E-state index in [1.165, 1.54) is 0 Å². The monoisotopic (exact) mass is 402 g/mol. The van der Waals surface area contributed by atoms with E-state index in [1.54, 1.807) is 24.2 Å². The number of rotatable bonds is 4. The van der Waals surface area contributed by atoms with Crippen molar-refractivity contribution in [2.24, 2.45) is 11.8 Å². The van der Waals surface area contributed by atoms with E-state index in [-0.39, 0.29) is 23.4 Å². The summed E-state index contributed by atoms with van der Waals surface area (Å²) in [6.07, 6.45) is 2.24. The Kier molecular flexibility index (Phi) is 4.38. The molecule has 1 aromatic carbocycles. The number of benzene rings is 1. The molecular weight excluding hydrogens is 380 g/mol. The summed E-state index contributed by atoms with van der Waals surface area (Å²) in [4.78, 5) is 31.9. The molecule has 0 bridgehead atoms. The molecule has 1 aliphatic carbocycles. The molecule has 30 heavy (non-hydrogen) atoms. The topological polar surface area (TPSA) is 88.3 Å². The Morgan fingerprint density at radius 1 is 1.20 bits per heavy atom. The van der Waals surface area contributed by atoms with Gasteiger partial charge in [0.1, 0.15) is 17.6 Å². The van der Waals surface area contributed by atoms with Crippen LogP contribution in [-0.4, -0.2) is 35.0 Å². The van der Waals surface area contributed by atoms with Gasteiger partial charge in [0, 0.05) is 25.7 Å². The molecule has 3 aromatic rings. The number of amides is 2. The van der Waals surface area contributed by atoms with E-state index < -0.39 is 11.9 Å². The molecule has 152 valence electrons. The summed E-state index contributed by atoms with van der Waals surface area (Å²) in [5.74, 6) is 1.26. The number of hydrogen-bond donors (Lipinski definition) is 1. The van der Waals surface area contributed by atoms with Gasteiger partial charge in [-0.2, -0.15) is 0 Å². The number of carbonyl (C=O) groups is 2. The van der Waals surface area contributed by atoms with E-state index in [1.807, 2.05) is 42.5 Å². The van der Waals surface area contributed by atoms with Crippen LogP contribution < -0.4 is 10.2 Å². The Morgan fingerprint density at radius 2 is 2.00 bits per heavy atom. The molecule has 2 aliphatic rings. The van der Waals surface area contributed by atoms with Gasteiger partial charge < -0.3 is 9.84 Å². The van der Waals surface area contributed by atoms with Gasteiger partial charge in [0.05, 0.1) is 0 Å². The molecular formula is C23H22N4O3. The average Bonchev–Trinajstić information content (AvgIpc) is 3.21. The minimum absolute atomic E-state index is 0.0463. The third-order valence-corrected chi connectivity index (χ3v) is 6.22. The van der Waals surface area contributed by atoms with Crippen molar-refractivity contribution in [1.82, 2.24) is 15.5 Å². The minimum Gasteiger partial charge on any atom is -0.360 e. The Morgan fingerprint density at radius 3 is 2.80 bits per heavy atom. The smallest absolute Gasteiger partial charge is 0.274 e. The van der Waals surface area contributed by atoms with Crippen LogP contribution >= 0.6 is 0 Å². The van der Waals surface area contributed by atoms with Crippen LogP contribution in [0.1, 0.15) is 40.2 Å². The molecule has 0 radical (unpaired) electrons. The van der Waals surface area contributed by atoms with Crippen molar-refractivity contribution in [1.29, 1.82) is 0 Å². The molecule has 2 amide bonds. The number of carbonyl (C=O) groups excluding carboxylic acids is 2. The predicted octanol–water partition coefficient (Wildman–Crippen LogP) is 2.78. The van der Waals surface area contributed by atoms with Crippen LogP contribution in [0.5, 0.6) is 0 Å². The van der Waals surface area contributed by atoms with Gasteiger partial charge in [-0.1, -0.05) is 48.5 Å². The maximum Gasteiger partial charge on any atom is 0.274 e. The van der Waals surface area contributed by atoms with E-state index >= 15 is 0 Å². The van der Waals surface area contributed by atoms with Gasteiger partial charge in [-0.25, -0.2) is 4.98 Å². The number of hydrogen-bond acceptors (Lipinski definition) is 5. The number of nitrogens with zero attached hydrogens (tertiary/aromatic N) is 3. The lowest BCUT2D eigenvalue weighted by atomic mass is 10.1. The van der Waals surface area contributed by atoms with Crippen LogP contribution in [0.25, 0.3) is 0 Å². The number of likely N-dealkylation sites (N-methyl/N-ethyl adjacent to an activating group) is 1. The van der Waals surface area contributed by atoms with Gasteiger partial charge in [-0.15, -0.1) is 0 Å². The molecule has 1 fully saturated rings. The van der Waals surface area contributed by atoms with Crippen molar-refractivity contribution in [2.75, 3.05) is 11.9 Å². The molecule has 7 nitrogen and oxygen atoms in total. The molecule has 1 N–H and O–H groups in total. The van der Waals surface area contributed by atoms with Crippen molar-refractivity contribution < 1.29 is 14.1 Å². The zero-order valence-corrected chi connectivity index (χ0v) is 16.8. The molecule has 2 aromatic heterocycles. The number of nitrogens with one attached hydrogen (secondary N) is 1. The van der Waals surface area contributed by atoms with Crippen LogP contribution in [0.2, 0.25) is 0 Å². The number of anilines is 1. The number of pyridine rings is 1. The Bertz CT molecular complexity index is 1110. The van der Waals surface area contributed by atoms with Crippen LogP contribution in [0.15, 0.2) is 59.3 Å². The van der Waals surface area contributed by atoms with Crippen molar-refractivity contribution in [3.05, 3.63) is 77.3 Å². The lowest BCUT2D eigenvalue weighted by molar-refractivity contribution is -0.120. The highest BCUT2D eigenvalue weighted by Gasteiger charge is 2.58. The quantitative estimate of drug-likeness (QED) is 0.725.